The summed E-state index contributed by atoms with van der Waals surface area (Å²) in [5, 5.41) is 0. The number of amides is 2. The summed E-state index contributed by atoms with van der Waals surface area (Å²) in [5.74, 6) is 0.237. The van der Waals surface area contributed by atoms with Crippen LogP contribution in [0.4, 0.5) is 0 Å². The fourth-order valence-corrected chi connectivity index (χ4v) is 2.77. The standard InChI is InChI=1S/C14H24N2O2/c1-3-4-8-15(2)14(18)11-9-13(17)16(10-11)12-6-5-7-12/h11-12H,3-10H2,1-2H3. The van der Waals surface area contributed by atoms with Crippen molar-refractivity contribution in [3.8, 4) is 0 Å². The fourth-order valence-electron chi connectivity index (χ4n) is 2.77. The molecule has 1 atom stereocenters. The van der Waals surface area contributed by atoms with Crippen LogP contribution in [0.5, 0.6) is 0 Å². The van der Waals surface area contributed by atoms with Gasteiger partial charge in [-0.1, -0.05) is 13.3 Å². The number of carbonyl (C=O) groups excluding carboxylic acids is 2. The predicted octanol–water partition coefficient (Wildman–Crippen LogP) is 1.65. The van der Waals surface area contributed by atoms with Crippen molar-refractivity contribution in [2.45, 2.75) is 51.5 Å². The van der Waals surface area contributed by atoms with E-state index < -0.39 is 0 Å². The molecular formula is C14H24N2O2. The van der Waals surface area contributed by atoms with Gasteiger partial charge in [-0.3, -0.25) is 9.59 Å². The lowest BCUT2D eigenvalue weighted by Gasteiger charge is -2.34. The van der Waals surface area contributed by atoms with Crippen LogP contribution >= 0.6 is 0 Å². The van der Waals surface area contributed by atoms with Crippen molar-refractivity contribution in [1.29, 1.82) is 0 Å². The maximum Gasteiger partial charge on any atom is 0.227 e. The summed E-state index contributed by atoms with van der Waals surface area (Å²) in [7, 11) is 1.86. The number of unbranched alkanes of at least 4 members (excludes halogenated alkanes) is 1. The van der Waals surface area contributed by atoms with Crippen molar-refractivity contribution in [1.82, 2.24) is 9.80 Å². The van der Waals surface area contributed by atoms with E-state index in [-0.39, 0.29) is 17.7 Å². The Morgan fingerprint density at radius 1 is 1.44 bits per heavy atom. The Bertz CT molecular complexity index is 326. The zero-order valence-corrected chi connectivity index (χ0v) is 11.5. The predicted molar refractivity (Wildman–Crippen MR) is 70.0 cm³/mol. The third-order valence-electron chi connectivity index (χ3n) is 4.25. The van der Waals surface area contributed by atoms with Gasteiger partial charge in [0.05, 0.1) is 5.92 Å². The molecular weight excluding hydrogens is 228 g/mol. The van der Waals surface area contributed by atoms with Gasteiger partial charge in [0, 0.05) is 32.6 Å². The molecule has 0 spiro atoms. The lowest BCUT2D eigenvalue weighted by molar-refractivity contribution is -0.134. The number of hydrogen-bond donors (Lipinski definition) is 0. The Balaban J connectivity index is 1.86. The summed E-state index contributed by atoms with van der Waals surface area (Å²) >= 11 is 0. The number of nitrogens with zero attached hydrogens (tertiary/aromatic N) is 2. The van der Waals surface area contributed by atoms with Gasteiger partial charge in [0.2, 0.25) is 11.8 Å². The average Bonchev–Trinajstić information content (AvgIpc) is 2.65. The number of rotatable bonds is 5. The Morgan fingerprint density at radius 3 is 2.72 bits per heavy atom. The second-order valence-corrected chi connectivity index (χ2v) is 5.65. The van der Waals surface area contributed by atoms with Crippen molar-refractivity contribution < 1.29 is 9.59 Å². The first-order valence-corrected chi connectivity index (χ1v) is 7.18. The number of hydrogen-bond acceptors (Lipinski definition) is 2. The van der Waals surface area contributed by atoms with Crippen molar-refractivity contribution in [2.24, 2.45) is 5.92 Å². The molecule has 1 heterocycles. The minimum absolute atomic E-state index is 0.0973. The fraction of sp³-hybridized carbons (Fsp3) is 0.857. The third-order valence-corrected chi connectivity index (χ3v) is 4.25. The minimum Gasteiger partial charge on any atom is -0.345 e. The highest BCUT2D eigenvalue weighted by atomic mass is 16.2. The van der Waals surface area contributed by atoms with E-state index in [4.69, 9.17) is 0 Å². The van der Waals surface area contributed by atoms with Gasteiger partial charge < -0.3 is 9.80 Å². The van der Waals surface area contributed by atoms with E-state index >= 15 is 0 Å². The highest BCUT2D eigenvalue weighted by Gasteiger charge is 2.40. The van der Waals surface area contributed by atoms with Gasteiger partial charge in [-0.05, 0) is 25.7 Å². The van der Waals surface area contributed by atoms with Crippen LogP contribution in [0.15, 0.2) is 0 Å². The van der Waals surface area contributed by atoms with Crippen molar-refractivity contribution in [3.63, 3.8) is 0 Å². The summed E-state index contributed by atoms with van der Waals surface area (Å²) in [6.45, 7) is 3.58. The Labute approximate surface area is 109 Å². The molecule has 1 aliphatic heterocycles. The Kier molecular flexibility index (Phi) is 4.25. The first kappa shape index (κ1) is 13.4. The highest BCUT2D eigenvalue weighted by molar-refractivity contribution is 5.89. The van der Waals surface area contributed by atoms with Crippen LogP contribution in [0.1, 0.15) is 45.4 Å². The summed E-state index contributed by atoms with van der Waals surface area (Å²) in [6.07, 6.45) is 6.02. The largest absolute Gasteiger partial charge is 0.345 e. The average molecular weight is 252 g/mol. The molecule has 0 aromatic rings. The van der Waals surface area contributed by atoms with E-state index in [0.29, 0.717) is 19.0 Å². The zero-order valence-electron chi connectivity index (χ0n) is 11.5. The monoisotopic (exact) mass is 252 g/mol. The van der Waals surface area contributed by atoms with Crippen LogP contribution in [-0.4, -0.2) is 47.8 Å². The SMILES string of the molecule is CCCCN(C)C(=O)C1CC(=O)N(C2CCC2)C1. The van der Waals surface area contributed by atoms with E-state index in [9.17, 15) is 9.59 Å². The van der Waals surface area contributed by atoms with E-state index in [2.05, 4.69) is 6.92 Å². The second-order valence-electron chi connectivity index (χ2n) is 5.65. The van der Waals surface area contributed by atoms with Gasteiger partial charge in [0.15, 0.2) is 0 Å². The van der Waals surface area contributed by atoms with Gasteiger partial charge in [0.1, 0.15) is 0 Å². The molecule has 4 nitrogen and oxygen atoms in total. The first-order valence-electron chi connectivity index (χ1n) is 7.18. The third kappa shape index (κ3) is 2.68. The molecule has 4 heteroatoms. The highest BCUT2D eigenvalue weighted by Crippen LogP contribution is 2.31. The van der Waals surface area contributed by atoms with Crippen LogP contribution in [0.3, 0.4) is 0 Å². The Hall–Kier alpha value is -1.06. The van der Waals surface area contributed by atoms with E-state index in [1.165, 1.54) is 6.42 Å². The van der Waals surface area contributed by atoms with Gasteiger partial charge in [0.25, 0.3) is 0 Å². The van der Waals surface area contributed by atoms with Crippen LogP contribution in [0.25, 0.3) is 0 Å². The number of likely N-dealkylation sites (tertiary alicyclic amines) is 1. The molecule has 0 aromatic carbocycles. The van der Waals surface area contributed by atoms with Gasteiger partial charge in [-0.15, -0.1) is 0 Å². The summed E-state index contributed by atoms with van der Waals surface area (Å²) in [6, 6.07) is 0.427. The smallest absolute Gasteiger partial charge is 0.227 e. The number of carbonyl (C=O) groups is 2. The Morgan fingerprint density at radius 2 is 2.17 bits per heavy atom. The van der Waals surface area contributed by atoms with Crippen molar-refractivity contribution in [3.05, 3.63) is 0 Å². The topological polar surface area (TPSA) is 40.6 Å². The molecule has 2 amide bonds. The lowest BCUT2D eigenvalue weighted by Crippen LogP contribution is -2.42. The van der Waals surface area contributed by atoms with Crippen molar-refractivity contribution >= 4 is 11.8 Å². The van der Waals surface area contributed by atoms with E-state index in [0.717, 1.165) is 32.2 Å². The molecule has 2 fully saturated rings. The second kappa shape index (κ2) is 5.72. The van der Waals surface area contributed by atoms with Gasteiger partial charge in [-0.2, -0.15) is 0 Å². The molecule has 1 saturated heterocycles. The normalized spacial score (nSPS) is 24.2. The quantitative estimate of drug-likeness (QED) is 0.746. The van der Waals surface area contributed by atoms with Crippen LogP contribution < -0.4 is 0 Å². The minimum atomic E-state index is -0.0973. The molecule has 2 rings (SSSR count). The maximum atomic E-state index is 12.2. The van der Waals surface area contributed by atoms with Crippen LogP contribution in [0.2, 0.25) is 0 Å². The molecule has 18 heavy (non-hydrogen) atoms. The van der Waals surface area contributed by atoms with E-state index in [1.807, 2.05) is 11.9 Å². The summed E-state index contributed by atoms with van der Waals surface area (Å²) in [5.41, 5.74) is 0. The van der Waals surface area contributed by atoms with Gasteiger partial charge in [-0.25, -0.2) is 0 Å². The maximum absolute atomic E-state index is 12.2. The molecule has 2 aliphatic rings. The molecule has 1 unspecified atom stereocenters. The molecule has 0 bridgehead atoms. The lowest BCUT2D eigenvalue weighted by atomic mass is 9.92. The molecule has 1 saturated carbocycles. The summed E-state index contributed by atoms with van der Waals surface area (Å²) in [4.78, 5) is 27.9. The molecule has 0 radical (unpaired) electrons. The van der Waals surface area contributed by atoms with E-state index in [1.54, 1.807) is 4.90 Å². The first-order chi connectivity index (χ1) is 8.63. The molecule has 1 aliphatic carbocycles. The van der Waals surface area contributed by atoms with Crippen molar-refractivity contribution in [2.75, 3.05) is 20.1 Å². The molecule has 0 N–H and O–H groups in total. The molecule has 0 aromatic heterocycles. The molecule has 102 valence electrons. The van der Waals surface area contributed by atoms with Gasteiger partial charge >= 0.3 is 0 Å². The van der Waals surface area contributed by atoms with Crippen LogP contribution in [-0.2, 0) is 9.59 Å². The summed E-state index contributed by atoms with van der Waals surface area (Å²) < 4.78 is 0. The van der Waals surface area contributed by atoms with Crippen LogP contribution in [0, 0.1) is 5.92 Å². The zero-order chi connectivity index (χ0) is 13.1.